The Morgan fingerprint density at radius 2 is 1.96 bits per heavy atom. The van der Waals surface area contributed by atoms with Crippen LogP contribution in [0.2, 0.25) is 0 Å². The van der Waals surface area contributed by atoms with Crippen LogP contribution in [-0.2, 0) is 18.4 Å². The first kappa shape index (κ1) is 18.8. The van der Waals surface area contributed by atoms with Crippen molar-refractivity contribution in [1.29, 1.82) is 0 Å². The summed E-state index contributed by atoms with van der Waals surface area (Å²) in [5.74, 6) is 0.591. The molecule has 0 aliphatic carbocycles. The number of aryl methyl sites for hydroxylation is 2. The first-order valence-corrected chi connectivity index (χ1v) is 9.16. The normalized spacial score (nSPS) is 12.4. The van der Waals surface area contributed by atoms with Gasteiger partial charge in [-0.1, -0.05) is 44.2 Å². The summed E-state index contributed by atoms with van der Waals surface area (Å²) in [4.78, 5) is 29.0. The molecule has 1 aromatic carbocycles. The number of amides is 1. The molecule has 1 amide bonds. The van der Waals surface area contributed by atoms with Crippen LogP contribution in [0.25, 0.3) is 11.0 Å². The van der Waals surface area contributed by atoms with Crippen LogP contribution >= 0.6 is 0 Å². The fourth-order valence-electron chi connectivity index (χ4n) is 3.20. The van der Waals surface area contributed by atoms with Gasteiger partial charge in [-0.15, -0.1) is 0 Å². The highest BCUT2D eigenvalue weighted by Gasteiger charge is 2.17. The molecule has 3 aromatic rings. The van der Waals surface area contributed by atoms with Gasteiger partial charge in [0.15, 0.2) is 5.65 Å². The molecule has 2 aromatic heterocycles. The van der Waals surface area contributed by atoms with Crippen molar-refractivity contribution in [2.75, 3.05) is 6.54 Å². The zero-order valence-corrected chi connectivity index (χ0v) is 15.9. The van der Waals surface area contributed by atoms with E-state index in [1.165, 1.54) is 22.7 Å². The van der Waals surface area contributed by atoms with Crippen LogP contribution in [0.15, 0.2) is 47.7 Å². The van der Waals surface area contributed by atoms with Crippen LogP contribution in [0, 0.1) is 5.92 Å². The third-order valence-corrected chi connectivity index (χ3v) is 4.85. The molecular weight excluding hydrogens is 342 g/mol. The number of rotatable bonds is 7. The van der Waals surface area contributed by atoms with E-state index in [9.17, 15) is 9.59 Å². The Morgan fingerprint density at radius 3 is 2.67 bits per heavy atom. The highest BCUT2D eigenvalue weighted by Crippen LogP contribution is 2.23. The summed E-state index contributed by atoms with van der Waals surface area (Å²) in [5.41, 5.74) is 1.59. The van der Waals surface area contributed by atoms with Crippen LogP contribution < -0.4 is 10.9 Å². The van der Waals surface area contributed by atoms with Gasteiger partial charge in [0.2, 0.25) is 5.91 Å². The second-order valence-electron chi connectivity index (χ2n) is 7.06. The van der Waals surface area contributed by atoms with E-state index in [0.29, 0.717) is 30.0 Å². The second kappa shape index (κ2) is 8.16. The molecule has 1 N–H and O–H groups in total. The number of fused-ring (bicyclic) bond motifs is 1. The van der Waals surface area contributed by atoms with E-state index in [4.69, 9.17) is 0 Å². The Morgan fingerprint density at radius 1 is 1.22 bits per heavy atom. The van der Waals surface area contributed by atoms with Gasteiger partial charge in [0.25, 0.3) is 5.56 Å². The fourth-order valence-corrected chi connectivity index (χ4v) is 3.20. The summed E-state index contributed by atoms with van der Waals surface area (Å²) in [6.07, 6.45) is 3.21. The third kappa shape index (κ3) is 4.24. The Bertz CT molecular complexity index is 975. The van der Waals surface area contributed by atoms with Crippen molar-refractivity contribution >= 4 is 16.9 Å². The molecule has 1 unspecified atom stereocenters. The SMILES string of the molecule is CC(C)C(CNC(=O)CCn1cnc2c(cnn2C)c1=O)c1ccccc1. The molecular formula is C20H25N5O2. The summed E-state index contributed by atoms with van der Waals surface area (Å²) in [6.45, 7) is 5.17. The van der Waals surface area contributed by atoms with Crippen molar-refractivity contribution in [2.45, 2.75) is 32.7 Å². The highest BCUT2D eigenvalue weighted by molar-refractivity contribution is 5.76. The van der Waals surface area contributed by atoms with Crippen LogP contribution in [0.4, 0.5) is 0 Å². The van der Waals surface area contributed by atoms with E-state index >= 15 is 0 Å². The summed E-state index contributed by atoms with van der Waals surface area (Å²) >= 11 is 0. The fraction of sp³-hybridized carbons (Fsp3) is 0.400. The van der Waals surface area contributed by atoms with Gasteiger partial charge in [-0.3, -0.25) is 18.8 Å². The van der Waals surface area contributed by atoms with Crippen LogP contribution in [0.3, 0.4) is 0 Å². The first-order chi connectivity index (χ1) is 13.0. The third-order valence-electron chi connectivity index (χ3n) is 4.85. The van der Waals surface area contributed by atoms with E-state index in [0.717, 1.165) is 0 Å². The predicted molar refractivity (Wildman–Crippen MR) is 104 cm³/mol. The molecule has 27 heavy (non-hydrogen) atoms. The molecule has 142 valence electrons. The van der Waals surface area contributed by atoms with Crippen LogP contribution in [0.1, 0.15) is 31.7 Å². The maximum absolute atomic E-state index is 12.4. The topological polar surface area (TPSA) is 81.8 Å². The average molecular weight is 367 g/mol. The first-order valence-electron chi connectivity index (χ1n) is 9.16. The lowest BCUT2D eigenvalue weighted by atomic mass is 9.88. The minimum absolute atomic E-state index is 0.0743. The van der Waals surface area contributed by atoms with Crippen molar-refractivity contribution in [1.82, 2.24) is 24.6 Å². The molecule has 0 radical (unpaired) electrons. The van der Waals surface area contributed by atoms with E-state index in [1.54, 1.807) is 11.7 Å². The molecule has 3 rings (SSSR count). The zero-order chi connectivity index (χ0) is 19.4. The van der Waals surface area contributed by atoms with E-state index < -0.39 is 0 Å². The molecule has 0 aliphatic heterocycles. The number of hydrogen-bond acceptors (Lipinski definition) is 4. The molecule has 0 bridgehead atoms. The van der Waals surface area contributed by atoms with Gasteiger partial charge in [-0.2, -0.15) is 5.10 Å². The van der Waals surface area contributed by atoms with Gasteiger partial charge in [0.05, 0.1) is 12.5 Å². The monoisotopic (exact) mass is 367 g/mol. The van der Waals surface area contributed by atoms with E-state index in [-0.39, 0.29) is 23.8 Å². The van der Waals surface area contributed by atoms with Gasteiger partial charge >= 0.3 is 0 Å². The Balaban J connectivity index is 1.60. The van der Waals surface area contributed by atoms with Crippen LogP contribution in [0.5, 0.6) is 0 Å². The molecule has 1 atom stereocenters. The molecule has 0 spiro atoms. The predicted octanol–water partition coefficient (Wildman–Crippen LogP) is 2.08. The molecule has 2 heterocycles. The molecule has 7 nitrogen and oxygen atoms in total. The van der Waals surface area contributed by atoms with E-state index in [2.05, 4.69) is 41.4 Å². The minimum Gasteiger partial charge on any atom is -0.355 e. The summed E-state index contributed by atoms with van der Waals surface area (Å²) < 4.78 is 3.02. The molecule has 7 heteroatoms. The summed E-state index contributed by atoms with van der Waals surface area (Å²) in [7, 11) is 1.74. The second-order valence-corrected chi connectivity index (χ2v) is 7.06. The van der Waals surface area contributed by atoms with Crippen LogP contribution in [-0.4, -0.2) is 31.8 Å². The van der Waals surface area contributed by atoms with Crippen molar-refractivity contribution in [3.05, 3.63) is 58.8 Å². The standard InChI is InChI=1S/C20H25N5O2/c1-14(2)16(15-7-5-4-6-8-15)11-21-18(26)9-10-25-13-22-19-17(20(25)27)12-23-24(19)3/h4-8,12-14,16H,9-11H2,1-3H3,(H,21,26). The van der Waals surface area contributed by atoms with Gasteiger partial charge in [-0.25, -0.2) is 4.98 Å². The number of benzene rings is 1. The molecule has 0 saturated heterocycles. The van der Waals surface area contributed by atoms with Gasteiger partial charge < -0.3 is 5.32 Å². The Hall–Kier alpha value is -2.96. The summed E-state index contributed by atoms with van der Waals surface area (Å²) in [5, 5.41) is 7.51. The quantitative estimate of drug-likeness (QED) is 0.693. The molecule has 0 fully saturated rings. The number of aromatic nitrogens is 4. The lowest BCUT2D eigenvalue weighted by Crippen LogP contribution is -2.32. The largest absolute Gasteiger partial charge is 0.355 e. The number of carbonyl (C=O) groups is 1. The lowest BCUT2D eigenvalue weighted by molar-refractivity contribution is -0.121. The number of nitrogens with zero attached hydrogens (tertiary/aromatic N) is 4. The lowest BCUT2D eigenvalue weighted by Gasteiger charge is -2.22. The maximum atomic E-state index is 12.4. The van der Waals surface area contributed by atoms with E-state index in [1.807, 2.05) is 18.2 Å². The molecule has 0 aliphatic rings. The van der Waals surface area contributed by atoms with Gasteiger partial charge in [-0.05, 0) is 11.5 Å². The highest BCUT2D eigenvalue weighted by atomic mass is 16.1. The Labute approximate surface area is 158 Å². The smallest absolute Gasteiger partial charge is 0.264 e. The van der Waals surface area contributed by atoms with Gasteiger partial charge in [0, 0.05) is 32.5 Å². The van der Waals surface area contributed by atoms with Crippen molar-refractivity contribution in [2.24, 2.45) is 13.0 Å². The molecule has 0 saturated carbocycles. The maximum Gasteiger partial charge on any atom is 0.264 e. The van der Waals surface area contributed by atoms with Crippen molar-refractivity contribution in [3.8, 4) is 0 Å². The van der Waals surface area contributed by atoms with Crippen molar-refractivity contribution in [3.63, 3.8) is 0 Å². The van der Waals surface area contributed by atoms with Gasteiger partial charge in [0.1, 0.15) is 5.39 Å². The average Bonchev–Trinajstić information content (AvgIpc) is 3.04. The number of nitrogens with one attached hydrogen (secondary N) is 1. The van der Waals surface area contributed by atoms with Crippen molar-refractivity contribution < 1.29 is 4.79 Å². The number of hydrogen-bond donors (Lipinski definition) is 1. The Kier molecular flexibility index (Phi) is 5.69. The number of carbonyl (C=O) groups excluding carboxylic acids is 1. The zero-order valence-electron chi connectivity index (χ0n) is 15.9. The minimum atomic E-state index is -0.176. The summed E-state index contributed by atoms with van der Waals surface area (Å²) in [6, 6.07) is 10.2.